The van der Waals surface area contributed by atoms with E-state index in [9.17, 15) is 13.2 Å². The summed E-state index contributed by atoms with van der Waals surface area (Å²) in [5.41, 5.74) is 0.240. The molecule has 1 N–H and O–H groups in total. The molecule has 156 valence electrons. The maximum absolute atomic E-state index is 13.1. The molecule has 4 rings (SSSR count). The zero-order valence-electron chi connectivity index (χ0n) is 16.6. The van der Waals surface area contributed by atoms with Crippen LogP contribution in [-0.4, -0.2) is 62.3 Å². The molecule has 0 saturated carbocycles. The number of sulfonamides is 1. The van der Waals surface area contributed by atoms with Crippen LogP contribution in [0.2, 0.25) is 0 Å². The molecule has 0 aliphatic carbocycles. The third-order valence-corrected chi connectivity index (χ3v) is 6.76. The van der Waals surface area contributed by atoms with E-state index in [1.165, 1.54) is 6.26 Å². The largest absolute Gasteiger partial charge is 0.375 e. The highest BCUT2D eigenvalue weighted by Crippen LogP contribution is 2.38. The second-order valence-corrected chi connectivity index (χ2v) is 10.0. The Balaban J connectivity index is 1.41. The van der Waals surface area contributed by atoms with E-state index in [-0.39, 0.29) is 17.4 Å². The predicted molar refractivity (Wildman–Crippen MR) is 111 cm³/mol. The third-order valence-electron chi connectivity index (χ3n) is 6.07. The Morgan fingerprint density at radius 1 is 1.28 bits per heavy atom. The van der Waals surface area contributed by atoms with E-state index in [1.807, 2.05) is 35.2 Å². The number of rotatable bonds is 4. The lowest BCUT2D eigenvalue weighted by molar-refractivity contribution is -0.122. The number of nitrogens with one attached hydrogen (secondary N) is 1. The van der Waals surface area contributed by atoms with Crippen molar-refractivity contribution in [1.82, 2.24) is 14.6 Å². The summed E-state index contributed by atoms with van der Waals surface area (Å²) in [6.45, 7) is 2.33. The van der Waals surface area contributed by atoms with Gasteiger partial charge in [0.15, 0.2) is 0 Å². The highest BCUT2D eigenvalue weighted by molar-refractivity contribution is 7.88. The van der Waals surface area contributed by atoms with Crippen LogP contribution < -0.4 is 4.72 Å². The van der Waals surface area contributed by atoms with Crippen molar-refractivity contribution in [2.45, 2.75) is 31.3 Å². The van der Waals surface area contributed by atoms with Gasteiger partial charge < -0.3 is 9.64 Å². The van der Waals surface area contributed by atoms with Gasteiger partial charge in [0.05, 0.1) is 11.9 Å². The molecule has 3 heterocycles. The van der Waals surface area contributed by atoms with Crippen molar-refractivity contribution in [2.75, 3.05) is 32.5 Å². The Morgan fingerprint density at radius 3 is 2.79 bits per heavy atom. The van der Waals surface area contributed by atoms with Gasteiger partial charge in [-0.15, -0.1) is 0 Å². The van der Waals surface area contributed by atoms with Crippen LogP contribution in [0.15, 0.2) is 36.5 Å². The van der Waals surface area contributed by atoms with E-state index < -0.39 is 10.0 Å². The minimum atomic E-state index is -3.19. The number of likely N-dealkylation sites (tertiary alicyclic amines) is 1. The molecule has 2 aliphatic heterocycles. The van der Waals surface area contributed by atoms with Crippen molar-refractivity contribution >= 4 is 26.7 Å². The molecule has 8 heteroatoms. The van der Waals surface area contributed by atoms with Gasteiger partial charge in [-0.1, -0.05) is 24.3 Å². The summed E-state index contributed by atoms with van der Waals surface area (Å²) in [5.74, 6) is 0.225. The molecule has 2 fully saturated rings. The van der Waals surface area contributed by atoms with Crippen molar-refractivity contribution in [2.24, 2.45) is 5.92 Å². The van der Waals surface area contributed by atoms with Crippen LogP contribution in [0, 0.1) is 5.92 Å². The number of aromatic nitrogens is 1. The molecular formula is C21H27N3O4S. The minimum Gasteiger partial charge on any atom is -0.375 e. The highest BCUT2D eigenvalue weighted by Gasteiger charge is 2.41. The minimum absolute atomic E-state index is 0.0391. The SMILES string of the molecule is CS(=O)(=O)NCC1CCOC2(CCN(C(=O)c3nccc4ccccc34)CC2)C1. The Bertz CT molecular complexity index is 995. The van der Waals surface area contributed by atoms with Crippen LogP contribution in [0.3, 0.4) is 0 Å². The first-order valence-electron chi connectivity index (χ1n) is 10.1. The first-order chi connectivity index (χ1) is 13.9. The zero-order chi connectivity index (χ0) is 20.5. The fraction of sp³-hybridized carbons (Fsp3) is 0.524. The summed E-state index contributed by atoms with van der Waals surface area (Å²) in [7, 11) is -3.19. The number of pyridine rings is 1. The fourth-order valence-electron chi connectivity index (χ4n) is 4.48. The molecule has 1 amide bonds. The number of benzene rings is 1. The van der Waals surface area contributed by atoms with E-state index >= 15 is 0 Å². The maximum atomic E-state index is 13.1. The van der Waals surface area contributed by atoms with Crippen LogP contribution in [0.25, 0.3) is 10.8 Å². The number of amides is 1. The second kappa shape index (κ2) is 8.01. The van der Waals surface area contributed by atoms with Crippen molar-refractivity contribution in [1.29, 1.82) is 0 Å². The topological polar surface area (TPSA) is 88.6 Å². The predicted octanol–water partition coefficient (Wildman–Crippen LogP) is 2.19. The summed E-state index contributed by atoms with van der Waals surface area (Å²) in [6, 6.07) is 9.71. The van der Waals surface area contributed by atoms with Crippen LogP contribution in [0.4, 0.5) is 0 Å². The first kappa shape index (κ1) is 20.3. The molecule has 2 aromatic rings. The Kier molecular flexibility index (Phi) is 5.59. The summed E-state index contributed by atoms with van der Waals surface area (Å²) < 4.78 is 31.6. The Hall–Kier alpha value is -2.03. The van der Waals surface area contributed by atoms with Gasteiger partial charge in [0.1, 0.15) is 5.69 Å². The summed E-state index contributed by atoms with van der Waals surface area (Å²) in [4.78, 5) is 19.3. The highest BCUT2D eigenvalue weighted by atomic mass is 32.2. The summed E-state index contributed by atoms with van der Waals surface area (Å²) in [6.07, 6.45) is 6.08. The van der Waals surface area contributed by atoms with Gasteiger partial charge in [-0.2, -0.15) is 0 Å². The monoisotopic (exact) mass is 417 g/mol. The molecule has 1 aromatic heterocycles. The second-order valence-electron chi connectivity index (χ2n) is 8.18. The van der Waals surface area contributed by atoms with Gasteiger partial charge in [0.2, 0.25) is 10.0 Å². The molecule has 7 nitrogen and oxygen atoms in total. The molecule has 0 bridgehead atoms. The Labute approximate surface area is 171 Å². The number of carbonyl (C=O) groups excluding carboxylic acids is 1. The molecule has 29 heavy (non-hydrogen) atoms. The lowest BCUT2D eigenvalue weighted by Crippen LogP contribution is -2.51. The van der Waals surface area contributed by atoms with Gasteiger partial charge in [-0.05, 0) is 43.1 Å². The molecule has 1 spiro atoms. The van der Waals surface area contributed by atoms with Crippen molar-refractivity contribution in [3.05, 3.63) is 42.2 Å². The molecule has 2 saturated heterocycles. The van der Waals surface area contributed by atoms with Gasteiger partial charge in [-0.3, -0.25) is 9.78 Å². The van der Waals surface area contributed by atoms with Crippen molar-refractivity contribution < 1.29 is 17.9 Å². The molecule has 1 aromatic carbocycles. The summed E-state index contributed by atoms with van der Waals surface area (Å²) in [5, 5.41) is 1.89. The molecule has 1 unspecified atom stereocenters. The normalized spacial score (nSPS) is 22.1. The van der Waals surface area contributed by atoms with Gasteiger partial charge in [-0.25, -0.2) is 13.1 Å². The zero-order valence-corrected chi connectivity index (χ0v) is 17.5. The van der Waals surface area contributed by atoms with Gasteiger partial charge >= 0.3 is 0 Å². The number of piperidine rings is 1. The third kappa shape index (κ3) is 4.60. The standard InChI is InChI=1S/C21H27N3O4S/c1-29(26,27)23-15-16-7-13-28-21(14-16)8-11-24(12-9-21)20(25)19-18-5-3-2-4-17(18)6-10-22-19/h2-6,10,16,23H,7-9,11-15H2,1H3. The smallest absolute Gasteiger partial charge is 0.273 e. The average Bonchev–Trinajstić information content (AvgIpc) is 2.72. The number of ether oxygens (including phenoxy) is 1. The van der Waals surface area contributed by atoms with E-state index in [4.69, 9.17) is 4.74 Å². The molecular weight excluding hydrogens is 390 g/mol. The van der Waals surface area contributed by atoms with E-state index in [0.29, 0.717) is 31.9 Å². The van der Waals surface area contributed by atoms with Crippen molar-refractivity contribution in [3.63, 3.8) is 0 Å². The van der Waals surface area contributed by atoms with Crippen molar-refractivity contribution in [3.8, 4) is 0 Å². The number of fused-ring (bicyclic) bond motifs is 1. The fourth-order valence-corrected chi connectivity index (χ4v) is 5.02. The van der Waals surface area contributed by atoms with E-state index in [1.54, 1.807) is 6.20 Å². The van der Waals surface area contributed by atoms with E-state index in [2.05, 4.69) is 9.71 Å². The molecule has 2 aliphatic rings. The van der Waals surface area contributed by atoms with Crippen LogP contribution in [0.1, 0.15) is 36.2 Å². The van der Waals surface area contributed by atoms with Gasteiger partial charge in [0.25, 0.3) is 5.91 Å². The number of carbonyl (C=O) groups is 1. The molecule has 0 radical (unpaired) electrons. The summed E-state index contributed by atoms with van der Waals surface area (Å²) >= 11 is 0. The lowest BCUT2D eigenvalue weighted by atomic mass is 9.79. The number of nitrogens with zero attached hydrogens (tertiary/aromatic N) is 2. The first-order valence-corrected chi connectivity index (χ1v) is 12.0. The maximum Gasteiger partial charge on any atom is 0.273 e. The van der Waals surface area contributed by atoms with Crippen LogP contribution >= 0.6 is 0 Å². The lowest BCUT2D eigenvalue weighted by Gasteiger charge is -2.46. The quantitative estimate of drug-likeness (QED) is 0.824. The van der Waals surface area contributed by atoms with Gasteiger partial charge in [0, 0.05) is 37.8 Å². The molecule has 1 atom stereocenters. The number of hydrogen-bond acceptors (Lipinski definition) is 5. The van der Waals surface area contributed by atoms with E-state index in [0.717, 1.165) is 36.5 Å². The average molecular weight is 418 g/mol. The van der Waals surface area contributed by atoms with Crippen LogP contribution in [0.5, 0.6) is 0 Å². The number of hydrogen-bond donors (Lipinski definition) is 1. The van der Waals surface area contributed by atoms with Crippen LogP contribution in [-0.2, 0) is 14.8 Å². The Morgan fingerprint density at radius 2 is 2.03 bits per heavy atom.